The lowest BCUT2D eigenvalue weighted by molar-refractivity contribution is 0.111. The molecule has 0 bridgehead atoms. The average Bonchev–Trinajstić information content (AvgIpc) is 2.81. The maximum Gasteiger partial charge on any atom is 0.238 e. The third-order valence-corrected chi connectivity index (χ3v) is 3.73. The number of aromatic nitrogens is 3. The van der Waals surface area contributed by atoms with Crippen LogP contribution in [0.25, 0.3) is 5.69 Å². The van der Waals surface area contributed by atoms with E-state index in [1.807, 2.05) is 13.8 Å². The van der Waals surface area contributed by atoms with Crippen molar-refractivity contribution in [2.75, 3.05) is 0 Å². The molecule has 1 heterocycles. The molecule has 0 aliphatic carbocycles. The number of hydrogen-bond donors (Lipinski definition) is 1. The van der Waals surface area contributed by atoms with Crippen LogP contribution in [-0.4, -0.2) is 29.7 Å². The molecule has 0 saturated heterocycles. The normalized spacial score (nSPS) is 11.8. The van der Waals surface area contributed by atoms with Gasteiger partial charge in [-0.3, -0.25) is 4.79 Å². The van der Waals surface area contributed by atoms with E-state index in [0.717, 1.165) is 0 Å². The van der Waals surface area contributed by atoms with Crippen LogP contribution in [-0.2, 0) is 10.0 Å². The molecule has 2 N–H and O–H groups in total. The highest BCUT2D eigenvalue weighted by Crippen LogP contribution is 2.21. The van der Waals surface area contributed by atoms with Gasteiger partial charge in [-0.2, -0.15) is 0 Å². The second-order valence-electron chi connectivity index (χ2n) is 4.58. The molecule has 0 aliphatic heterocycles. The van der Waals surface area contributed by atoms with Crippen molar-refractivity contribution >= 4 is 16.3 Å². The highest BCUT2D eigenvalue weighted by Gasteiger charge is 2.17. The van der Waals surface area contributed by atoms with Crippen LogP contribution in [0.3, 0.4) is 0 Å². The van der Waals surface area contributed by atoms with E-state index < -0.39 is 10.0 Å². The van der Waals surface area contributed by atoms with Gasteiger partial charge < -0.3 is 0 Å². The Bertz CT molecular complexity index is 733. The second-order valence-corrected chi connectivity index (χ2v) is 6.14. The molecule has 0 spiro atoms. The smallest absolute Gasteiger partial charge is 0.238 e. The Morgan fingerprint density at radius 2 is 1.85 bits per heavy atom. The van der Waals surface area contributed by atoms with Crippen LogP contribution in [0.15, 0.2) is 29.2 Å². The summed E-state index contributed by atoms with van der Waals surface area (Å²) in [4.78, 5) is 11.0. The summed E-state index contributed by atoms with van der Waals surface area (Å²) in [7, 11) is -3.73. The molecule has 0 fully saturated rings. The summed E-state index contributed by atoms with van der Waals surface area (Å²) in [5.41, 5.74) is 1.56. The van der Waals surface area contributed by atoms with E-state index in [2.05, 4.69) is 10.3 Å². The van der Waals surface area contributed by atoms with Gasteiger partial charge in [-0.05, 0) is 30.2 Å². The fourth-order valence-electron chi connectivity index (χ4n) is 1.89. The third-order valence-electron chi connectivity index (χ3n) is 2.80. The van der Waals surface area contributed by atoms with E-state index in [1.54, 1.807) is 12.1 Å². The summed E-state index contributed by atoms with van der Waals surface area (Å²) in [6.07, 6.45) is 0.650. The monoisotopic (exact) mass is 294 g/mol. The Kier molecular flexibility index (Phi) is 3.69. The van der Waals surface area contributed by atoms with E-state index in [4.69, 9.17) is 5.14 Å². The molecule has 20 heavy (non-hydrogen) atoms. The number of carbonyl (C=O) groups is 1. The van der Waals surface area contributed by atoms with Crippen molar-refractivity contribution in [3.05, 3.63) is 35.7 Å². The maximum atomic E-state index is 11.2. The molecule has 1 aromatic carbocycles. The number of rotatable bonds is 4. The van der Waals surface area contributed by atoms with Crippen molar-refractivity contribution in [1.82, 2.24) is 15.0 Å². The lowest BCUT2D eigenvalue weighted by Crippen LogP contribution is -2.12. The molecule has 8 heteroatoms. The molecule has 106 valence electrons. The Labute approximate surface area is 116 Å². The van der Waals surface area contributed by atoms with Gasteiger partial charge in [0.05, 0.1) is 16.3 Å². The first kappa shape index (κ1) is 14.4. The van der Waals surface area contributed by atoms with Gasteiger partial charge in [0.15, 0.2) is 6.29 Å². The number of carbonyl (C=O) groups excluding carboxylic acids is 1. The lowest BCUT2D eigenvalue weighted by Gasteiger charge is -2.09. The van der Waals surface area contributed by atoms with E-state index in [-0.39, 0.29) is 16.5 Å². The van der Waals surface area contributed by atoms with Crippen LogP contribution in [0.1, 0.15) is 35.9 Å². The van der Waals surface area contributed by atoms with Crippen LogP contribution in [0.4, 0.5) is 0 Å². The molecule has 2 rings (SSSR count). The van der Waals surface area contributed by atoms with Gasteiger partial charge in [0.25, 0.3) is 0 Å². The van der Waals surface area contributed by atoms with Gasteiger partial charge >= 0.3 is 0 Å². The van der Waals surface area contributed by atoms with Gasteiger partial charge in [-0.1, -0.05) is 19.1 Å². The SMILES string of the molecule is CC(C)c1c(C=O)nnn1-c1ccc(S(N)(=O)=O)cc1. The maximum absolute atomic E-state index is 11.2. The van der Waals surface area contributed by atoms with Gasteiger partial charge in [-0.25, -0.2) is 18.2 Å². The standard InChI is InChI=1S/C12H14N4O3S/c1-8(2)12-11(7-17)14-15-16(12)9-3-5-10(6-4-9)20(13,18)19/h3-8H,1-2H3,(H2,13,18,19). The summed E-state index contributed by atoms with van der Waals surface area (Å²) in [5.74, 6) is 0.0446. The van der Waals surface area contributed by atoms with Crippen molar-refractivity contribution in [1.29, 1.82) is 0 Å². The Balaban J connectivity index is 2.52. The van der Waals surface area contributed by atoms with Crippen LogP contribution < -0.4 is 5.14 Å². The number of nitrogens with zero attached hydrogens (tertiary/aromatic N) is 3. The first-order valence-corrected chi connectivity index (χ1v) is 7.43. The topological polar surface area (TPSA) is 108 Å². The van der Waals surface area contributed by atoms with Crippen molar-refractivity contribution in [3.8, 4) is 5.69 Å². The minimum absolute atomic E-state index is 0.0167. The van der Waals surface area contributed by atoms with Gasteiger partial charge in [0.1, 0.15) is 5.69 Å². The fraction of sp³-hybridized carbons (Fsp3) is 0.250. The van der Waals surface area contributed by atoms with E-state index in [0.29, 0.717) is 17.7 Å². The molecule has 0 radical (unpaired) electrons. The summed E-state index contributed by atoms with van der Waals surface area (Å²) in [5, 5.41) is 12.8. The summed E-state index contributed by atoms with van der Waals surface area (Å²) in [6.45, 7) is 3.84. The minimum atomic E-state index is -3.73. The average molecular weight is 294 g/mol. The molecular formula is C12H14N4O3S. The quantitative estimate of drug-likeness (QED) is 0.841. The highest BCUT2D eigenvalue weighted by atomic mass is 32.2. The van der Waals surface area contributed by atoms with E-state index >= 15 is 0 Å². The van der Waals surface area contributed by atoms with Crippen molar-refractivity contribution in [2.45, 2.75) is 24.7 Å². The van der Waals surface area contributed by atoms with Crippen LogP contribution in [0.5, 0.6) is 0 Å². The zero-order valence-corrected chi connectivity index (χ0v) is 11.8. The van der Waals surface area contributed by atoms with Gasteiger partial charge in [0.2, 0.25) is 10.0 Å². The molecule has 0 saturated carbocycles. The molecule has 1 aromatic heterocycles. The molecular weight excluding hydrogens is 280 g/mol. The third kappa shape index (κ3) is 2.61. The largest absolute Gasteiger partial charge is 0.296 e. The Morgan fingerprint density at radius 1 is 1.25 bits per heavy atom. The van der Waals surface area contributed by atoms with Gasteiger partial charge in [0, 0.05) is 0 Å². The zero-order valence-electron chi connectivity index (χ0n) is 11.0. The molecule has 0 aliphatic rings. The number of sulfonamides is 1. The summed E-state index contributed by atoms with van der Waals surface area (Å²) < 4.78 is 23.9. The highest BCUT2D eigenvalue weighted by molar-refractivity contribution is 7.89. The zero-order chi connectivity index (χ0) is 14.9. The molecule has 0 unspecified atom stereocenters. The predicted octanol–water partition coefficient (Wildman–Crippen LogP) is 0.851. The van der Waals surface area contributed by atoms with Crippen LogP contribution >= 0.6 is 0 Å². The van der Waals surface area contributed by atoms with Crippen molar-refractivity contribution in [2.24, 2.45) is 5.14 Å². The number of hydrogen-bond acceptors (Lipinski definition) is 5. The first-order chi connectivity index (χ1) is 9.34. The molecule has 0 amide bonds. The van der Waals surface area contributed by atoms with E-state index in [1.165, 1.54) is 16.8 Å². The van der Waals surface area contributed by atoms with E-state index in [9.17, 15) is 13.2 Å². The number of primary sulfonamides is 1. The summed E-state index contributed by atoms with van der Waals surface area (Å²) >= 11 is 0. The Morgan fingerprint density at radius 3 is 2.30 bits per heavy atom. The molecule has 7 nitrogen and oxygen atoms in total. The first-order valence-electron chi connectivity index (χ1n) is 5.88. The van der Waals surface area contributed by atoms with Crippen LogP contribution in [0, 0.1) is 0 Å². The second kappa shape index (κ2) is 5.14. The molecule has 2 aromatic rings. The number of nitrogens with two attached hydrogens (primary N) is 1. The fourth-order valence-corrected chi connectivity index (χ4v) is 2.41. The minimum Gasteiger partial charge on any atom is -0.296 e. The van der Waals surface area contributed by atoms with Gasteiger partial charge in [-0.15, -0.1) is 5.10 Å². The summed E-state index contributed by atoms with van der Waals surface area (Å²) in [6, 6.07) is 5.90. The van der Waals surface area contributed by atoms with Crippen LogP contribution in [0.2, 0.25) is 0 Å². The van der Waals surface area contributed by atoms with Crippen molar-refractivity contribution < 1.29 is 13.2 Å². The number of benzene rings is 1. The lowest BCUT2D eigenvalue weighted by atomic mass is 10.1. The van der Waals surface area contributed by atoms with Crippen molar-refractivity contribution in [3.63, 3.8) is 0 Å². The molecule has 0 atom stereocenters. The Hall–Kier alpha value is -2.06. The number of aldehydes is 1. The predicted molar refractivity (Wildman–Crippen MR) is 72.2 cm³/mol.